The molecule has 5 nitrogen and oxygen atoms in total. The monoisotopic (exact) mass is 384 g/mol. The number of nitrogens with zero attached hydrogens (tertiary/aromatic N) is 2. The first-order valence-electron chi connectivity index (χ1n) is 9.10. The number of anilines is 1. The van der Waals surface area contributed by atoms with E-state index >= 15 is 0 Å². The van der Waals surface area contributed by atoms with Gasteiger partial charge >= 0.3 is 0 Å². The summed E-state index contributed by atoms with van der Waals surface area (Å²) < 4.78 is 6.45. The number of ether oxygens (including phenoxy) is 1. The van der Waals surface area contributed by atoms with Crippen LogP contribution < -0.4 is 14.5 Å². The van der Waals surface area contributed by atoms with Gasteiger partial charge in [-0.1, -0.05) is 35.1 Å². The summed E-state index contributed by atoms with van der Waals surface area (Å²) in [6.45, 7) is 3.65. The van der Waals surface area contributed by atoms with Crippen molar-refractivity contribution in [2.45, 2.75) is 13.3 Å². The van der Waals surface area contributed by atoms with Gasteiger partial charge in [-0.05, 0) is 31.2 Å². The van der Waals surface area contributed by atoms with Gasteiger partial charge in [0.1, 0.15) is 11.3 Å². The van der Waals surface area contributed by atoms with Crippen molar-refractivity contribution >= 4 is 32.6 Å². The Bertz CT molecular complexity index is 919. The minimum atomic E-state index is -0.0122. The van der Waals surface area contributed by atoms with Gasteiger partial charge in [0.25, 0.3) is 5.91 Å². The van der Waals surface area contributed by atoms with Crippen LogP contribution in [0.1, 0.15) is 22.3 Å². The summed E-state index contributed by atoms with van der Waals surface area (Å²) in [6, 6.07) is 13.6. The predicted molar refractivity (Wildman–Crippen MR) is 111 cm³/mol. The van der Waals surface area contributed by atoms with E-state index in [0.717, 1.165) is 34.5 Å². The third-order valence-corrected chi connectivity index (χ3v) is 5.47. The SMILES string of the molecule is COc1cccc2sc(N(CCC[NH+](C)C)C(=O)c3ccc(C)cc3)nc12. The smallest absolute Gasteiger partial charge is 0.260 e. The zero-order chi connectivity index (χ0) is 19.4. The van der Waals surface area contributed by atoms with E-state index in [1.54, 1.807) is 12.0 Å². The molecular formula is C21H26N3O2S+. The van der Waals surface area contributed by atoms with Crippen molar-refractivity contribution in [2.24, 2.45) is 0 Å². The van der Waals surface area contributed by atoms with Crippen molar-refractivity contribution in [1.82, 2.24) is 4.98 Å². The van der Waals surface area contributed by atoms with Gasteiger partial charge in [-0.3, -0.25) is 9.69 Å². The summed E-state index contributed by atoms with van der Waals surface area (Å²) in [5.74, 6) is 0.720. The number of quaternary nitrogens is 1. The van der Waals surface area contributed by atoms with Gasteiger partial charge in [-0.25, -0.2) is 4.98 Å². The number of carbonyl (C=O) groups is 1. The van der Waals surface area contributed by atoms with Crippen molar-refractivity contribution in [3.8, 4) is 5.75 Å². The van der Waals surface area contributed by atoms with E-state index in [1.807, 2.05) is 49.4 Å². The highest BCUT2D eigenvalue weighted by molar-refractivity contribution is 7.22. The lowest BCUT2D eigenvalue weighted by Crippen LogP contribution is -3.05. The maximum atomic E-state index is 13.2. The highest BCUT2D eigenvalue weighted by Gasteiger charge is 2.22. The zero-order valence-corrected chi connectivity index (χ0v) is 17.1. The fourth-order valence-electron chi connectivity index (χ4n) is 2.92. The van der Waals surface area contributed by atoms with Gasteiger partial charge in [0.15, 0.2) is 5.13 Å². The molecule has 0 atom stereocenters. The van der Waals surface area contributed by atoms with Crippen LogP contribution in [-0.2, 0) is 0 Å². The number of benzene rings is 2. The van der Waals surface area contributed by atoms with Crippen LogP contribution in [-0.4, -0.2) is 45.2 Å². The van der Waals surface area contributed by atoms with Crippen LogP contribution in [0.2, 0.25) is 0 Å². The largest absolute Gasteiger partial charge is 0.494 e. The summed E-state index contributed by atoms with van der Waals surface area (Å²) >= 11 is 1.53. The van der Waals surface area contributed by atoms with E-state index in [9.17, 15) is 4.79 Å². The Morgan fingerprint density at radius 2 is 1.93 bits per heavy atom. The molecule has 0 saturated heterocycles. The molecule has 27 heavy (non-hydrogen) atoms. The molecule has 1 heterocycles. The van der Waals surface area contributed by atoms with E-state index < -0.39 is 0 Å². The molecule has 0 radical (unpaired) electrons. The minimum absolute atomic E-state index is 0.0122. The van der Waals surface area contributed by atoms with Gasteiger partial charge in [0, 0.05) is 18.5 Å². The highest BCUT2D eigenvalue weighted by Crippen LogP contribution is 2.34. The normalized spacial score (nSPS) is 11.1. The van der Waals surface area contributed by atoms with Gasteiger partial charge in [-0.15, -0.1) is 0 Å². The lowest BCUT2D eigenvalue weighted by atomic mass is 10.1. The molecule has 2 aromatic carbocycles. The van der Waals surface area contributed by atoms with E-state index in [1.165, 1.54) is 16.2 Å². The third-order valence-electron chi connectivity index (χ3n) is 4.42. The molecule has 1 amide bonds. The van der Waals surface area contributed by atoms with Crippen molar-refractivity contribution in [3.05, 3.63) is 53.6 Å². The molecule has 1 aromatic heterocycles. The van der Waals surface area contributed by atoms with Crippen LogP contribution in [0, 0.1) is 6.92 Å². The number of nitrogens with one attached hydrogen (secondary N) is 1. The molecule has 0 bridgehead atoms. The number of methoxy groups -OCH3 is 1. The quantitative estimate of drug-likeness (QED) is 0.681. The number of thiazole rings is 1. The second-order valence-corrected chi connectivity index (χ2v) is 7.95. The van der Waals surface area contributed by atoms with E-state index in [0.29, 0.717) is 17.2 Å². The molecule has 0 aliphatic heterocycles. The molecule has 6 heteroatoms. The molecule has 0 aliphatic carbocycles. The average molecular weight is 385 g/mol. The second-order valence-electron chi connectivity index (χ2n) is 6.94. The Kier molecular flexibility index (Phi) is 6.08. The topological polar surface area (TPSA) is 46.9 Å². The molecule has 1 N–H and O–H groups in total. The first-order chi connectivity index (χ1) is 13.0. The molecule has 0 aliphatic rings. The Morgan fingerprint density at radius 3 is 2.59 bits per heavy atom. The number of hydrogen-bond acceptors (Lipinski definition) is 4. The molecule has 0 spiro atoms. The maximum absolute atomic E-state index is 13.2. The van der Waals surface area contributed by atoms with Crippen LogP contribution in [0.4, 0.5) is 5.13 Å². The number of hydrogen-bond donors (Lipinski definition) is 1. The van der Waals surface area contributed by atoms with Crippen molar-refractivity contribution in [2.75, 3.05) is 39.2 Å². The molecular weight excluding hydrogens is 358 g/mol. The minimum Gasteiger partial charge on any atom is -0.494 e. The van der Waals surface area contributed by atoms with Crippen LogP contribution in [0.15, 0.2) is 42.5 Å². The lowest BCUT2D eigenvalue weighted by Gasteiger charge is -2.20. The number of aryl methyl sites for hydroxylation is 1. The zero-order valence-electron chi connectivity index (χ0n) is 16.3. The van der Waals surface area contributed by atoms with Gasteiger partial charge < -0.3 is 9.64 Å². The van der Waals surface area contributed by atoms with E-state index in [2.05, 4.69) is 14.1 Å². The standard InChI is InChI=1S/C21H25N3O2S/c1-15-9-11-16(12-10-15)20(25)24(14-6-13-23(2)3)21-22-19-17(26-4)7-5-8-18(19)27-21/h5,7-12H,6,13-14H2,1-4H3/p+1. The predicted octanol–water partition coefficient (Wildman–Crippen LogP) is 2.79. The number of para-hydroxylation sites is 1. The first kappa shape index (κ1) is 19.3. The molecule has 0 saturated carbocycles. The summed E-state index contributed by atoms with van der Waals surface area (Å²) in [5.41, 5.74) is 2.63. The fourth-order valence-corrected chi connectivity index (χ4v) is 3.93. The van der Waals surface area contributed by atoms with Gasteiger partial charge in [-0.2, -0.15) is 0 Å². The molecule has 142 valence electrons. The molecule has 0 fully saturated rings. The maximum Gasteiger partial charge on any atom is 0.260 e. The number of amides is 1. The average Bonchev–Trinajstić information content (AvgIpc) is 3.09. The summed E-state index contributed by atoms with van der Waals surface area (Å²) in [4.78, 5) is 21.1. The van der Waals surface area contributed by atoms with Crippen molar-refractivity contribution in [3.63, 3.8) is 0 Å². The number of fused-ring (bicyclic) bond motifs is 1. The number of rotatable bonds is 7. The molecule has 3 rings (SSSR count). The molecule has 0 unspecified atom stereocenters. The molecule has 3 aromatic rings. The Balaban J connectivity index is 1.96. The van der Waals surface area contributed by atoms with Gasteiger partial charge in [0.2, 0.25) is 0 Å². The summed E-state index contributed by atoms with van der Waals surface area (Å²) in [6.07, 6.45) is 0.910. The van der Waals surface area contributed by atoms with E-state index in [-0.39, 0.29) is 5.91 Å². The van der Waals surface area contributed by atoms with Crippen LogP contribution >= 0.6 is 11.3 Å². The van der Waals surface area contributed by atoms with Gasteiger partial charge in [0.05, 0.1) is 32.4 Å². The lowest BCUT2D eigenvalue weighted by molar-refractivity contribution is -0.858. The Hall–Kier alpha value is -2.44. The van der Waals surface area contributed by atoms with E-state index in [4.69, 9.17) is 9.72 Å². The second kappa shape index (κ2) is 8.50. The fraction of sp³-hybridized carbons (Fsp3) is 0.333. The van der Waals surface area contributed by atoms with Crippen molar-refractivity contribution in [1.29, 1.82) is 0 Å². The van der Waals surface area contributed by atoms with Crippen LogP contribution in [0.3, 0.4) is 0 Å². The Morgan fingerprint density at radius 1 is 1.19 bits per heavy atom. The first-order valence-corrected chi connectivity index (χ1v) is 9.92. The number of carbonyl (C=O) groups excluding carboxylic acids is 1. The summed E-state index contributed by atoms with van der Waals surface area (Å²) in [5, 5.41) is 0.717. The van der Waals surface area contributed by atoms with Crippen molar-refractivity contribution < 1.29 is 14.4 Å². The Labute approximate surface area is 164 Å². The number of aromatic nitrogens is 1. The van der Waals surface area contributed by atoms with Crippen LogP contribution in [0.25, 0.3) is 10.2 Å². The van der Waals surface area contributed by atoms with Crippen LogP contribution in [0.5, 0.6) is 5.75 Å². The summed E-state index contributed by atoms with van der Waals surface area (Å²) in [7, 11) is 5.88. The third kappa shape index (κ3) is 4.46. The highest BCUT2D eigenvalue weighted by atomic mass is 32.1.